The first-order chi connectivity index (χ1) is 9.79. The maximum absolute atomic E-state index is 5.90. The number of aromatic nitrogens is 1. The number of hydrogen-bond acceptors (Lipinski definition) is 3. The molecule has 3 nitrogen and oxygen atoms in total. The largest absolute Gasteiger partial charge is 0.366 e. The van der Waals surface area contributed by atoms with Gasteiger partial charge >= 0.3 is 0 Å². The molecule has 1 saturated heterocycles. The molecule has 1 aliphatic rings. The molecule has 0 spiro atoms. The summed E-state index contributed by atoms with van der Waals surface area (Å²) in [5.74, 6) is 0.865. The molecule has 4 heteroatoms. The first kappa shape index (κ1) is 13.4. The van der Waals surface area contributed by atoms with Crippen molar-refractivity contribution in [2.45, 2.75) is 19.0 Å². The average molecular weight is 288 g/mol. The third kappa shape index (κ3) is 3.50. The van der Waals surface area contributed by atoms with Crippen LogP contribution < -0.4 is 5.32 Å². The summed E-state index contributed by atoms with van der Waals surface area (Å²) in [5, 5.41) is 4.00. The van der Waals surface area contributed by atoms with E-state index in [1.807, 2.05) is 12.1 Å². The van der Waals surface area contributed by atoms with Gasteiger partial charge in [-0.2, -0.15) is 0 Å². The van der Waals surface area contributed by atoms with Crippen molar-refractivity contribution in [3.05, 3.63) is 59.2 Å². The van der Waals surface area contributed by atoms with Crippen LogP contribution in [0.2, 0.25) is 5.15 Å². The number of benzene rings is 1. The van der Waals surface area contributed by atoms with Crippen LogP contribution in [0.25, 0.3) is 0 Å². The van der Waals surface area contributed by atoms with Crippen LogP contribution in [0.4, 0.5) is 5.82 Å². The summed E-state index contributed by atoms with van der Waals surface area (Å²) in [4.78, 5) is 6.75. The second-order valence-corrected chi connectivity index (χ2v) is 5.58. The first-order valence-electron chi connectivity index (χ1n) is 6.95. The Hall–Kier alpha value is -1.58. The predicted molar refractivity (Wildman–Crippen MR) is 83.0 cm³/mol. The van der Waals surface area contributed by atoms with Gasteiger partial charge in [-0.3, -0.25) is 4.90 Å². The zero-order valence-electron chi connectivity index (χ0n) is 11.3. The molecule has 0 saturated carbocycles. The van der Waals surface area contributed by atoms with Crippen molar-refractivity contribution in [2.24, 2.45) is 0 Å². The van der Waals surface area contributed by atoms with Crippen molar-refractivity contribution in [1.82, 2.24) is 9.88 Å². The van der Waals surface area contributed by atoms with E-state index in [9.17, 15) is 0 Å². The van der Waals surface area contributed by atoms with Gasteiger partial charge in [0.25, 0.3) is 0 Å². The molecule has 1 aliphatic heterocycles. The van der Waals surface area contributed by atoms with Crippen molar-refractivity contribution in [1.29, 1.82) is 0 Å². The van der Waals surface area contributed by atoms with E-state index in [1.165, 1.54) is 5.56 Å². The normalized spacial score (nSPS) is 19.1. The molecule has 0 bridgehead atoms. The van der Waals surface area contributed by atoms with Gasteiger partial charge in [0, 0.05) is 25.7 Å². The molecule has 2 heterocycles. The fourth-order valence-corrected chi connectivity index (χ4v) is 2.80. The molecule has 0 radical (unpaired) electrons. The highest BCUT2D eigenvalue weighted by Crippen LogP contribution is 2.17. The Labute approximate surface area is 124 Å². The standard InChI is InChI=1S/C16H18ClN3/c17-15-7-4-8-16(19-15)18-14-9-10-20(12-14)11-13-5-2-1-3-6-13/h1-8,14H,9-12H2,(H,18,19). The Balaban J connectivity index is 1.54. The highest BCUT2D eigenvalue weighted by molar-refractivity contribution is 6.29. The minimum Gasteiger partial charge on any atom is -0.366 e. The maximum Gasteiger partial charge on any atom is 0.131 e. The fraction of sp³-hybridized carbons (Fsp3) is 0.312. The Kier molecular flexibility index (Phi) is 4.19. The number of rotatable bonds is 4. The predicted octanol–water partition coefficient (Wildman–Crippen LogP) is 3.42. The van der Waals surface area contributed by atoms with Gasteiger partial charge in [-0.15, -0.1) is 0 Å². The summed E-state index contributed by atoms with van der Waals surface area (Å²) < 4.78 is 0. The van der Waals surface area contributed by atoms with Gasteiger partial charge in [-0.25, -0.2) is 4.98 Å². The summed E-state index contributed by atoms with van der Waals surface area (Å²) >= 11 is 5.90. The molecule has 1 fully saturated rings. The van der Waals surface area contributed by atoms with Crippen LogP contribution in [0.3, 0.4) is 0 Å². The lowest BCUT2D eigenvalue weighted by Gasteiger charge is -2.17. The van der Waals surface area contributed by atoms with E-state index >= 15 is 0 Å². The van der Waals surface area contributed by atoms with Crippen molar-refractivity contribution in [3.63, 3.8) is 0 Å². The molecule has 1 atom stereocenters. The van der Waals surface area contributed by atoms with Gasteiger partial charge < -0.3 is 5.32 Å². The van der Waals surface area contributed by atoms with Gasteiger partial charge in [-0.1, -0.05) is 48.0 Å². The van der Waals surface area contributed by atoms with Crippen LogP contribution in [0.1, 0.15) is 12.0 Å². The number of hydrogen-bond donors (Lipinski definition) is 1. The van der Waals surface area contributed by atoms with Crippen LogP contribution in [-0.2, 0) is 6.54 Å². The molecule has 1 N–H and O–H groups in total. The Morgan fingerprint density at radius 3 is 2.80 bits per heavy atom. The summed E-state index contributed by atoms with van der Waals surface area (Å²) in [6.07, 6.45) is 1.14. The monoisotopic (exact) mass is 287 g/mol. The number of pyridine rings is 1. The highest BCUT2D eigenvalue weighted by Gasteiger charge is 2.22. The van der Waals surface area contributed by atoms with Crippen molar-refractivity contribution in [3.8, 4) is 0 Å². The molecule has 1 unspecified atom stereocenters. The zero-order chi connectivity index (χ0) is 13.8. The Morgan fingerprint density at radius 1 is 1.15 bits per heavy atom. The van der Waals surface area contributed by atoms with Crippen LogP contribution >= 0.6 is 11.6 Å². The molecule has 1 aromatic heterocycles. The summed E-state index contributed by atoms with van der Waals surface area (Å²) in [6.45, 7) is 3.18. The molecule has 3 rings (SSSR count). The summed E-state index contributed by atoms with van der Waals surface area (Å²) in [5.41, 5.74) is 1.37. The number of nitrogens with zero attached hydrogens (tertiary/aromatic N) is 2. The topological polar surface area (TPSA) is 28.2 Å². The SMILES string of the molecule is Clc1cccc(NC2CCN(Cc3ccccc3)C2)n1. The van der Waals surface area contributed by atoms with Gasteiger partial charge in [0.2, 0.25) is 0 Å². The average Bonchev–Trinajstić information content (AvgIpc) is 2.87. The van der Waals surface area contributed by atoms with Gasteiger partial charge in [0.15, 0.2) is 0 Å². The van der Waals surface area contributed by atoms with E-state index in [4.69, 9.17) is 11.6 Å². The third-order valence-electron chi connectivity index (χ3n) is 3.59. The lowest BCUT2D eigenvalue weighted by molar-refractivity contribution is 0.328. The highest BCUT2D eigenvalue weighted by atomic mass is 35.5. The van der Waals surface area contributed by atoms with E-state index in [0.29, 0.717) is 11.2 Å². The lowest BCUT2D eigenvalue weighted by Crippen LogP contribution is -2.26. The number of halogens is 1. The van der Waals surface area contributed by atoms with Crippen molar-refractivity contribution in [2.75, 3.05) is 18.4 Å². The molecule has 2 aromatic rings. The molecular formula is C16H18ClN3. The van der Waals surface area contributed by atoms with E-state index in [2.05, 4.69) is 45.5 Å². The van der Waals surface area contributed by atoms with E-state index in [-0.39, 0.29) is 0 Å². The molecule has 0 amide bonds. The van der Waals surface area contributed by atoms with Crippen LogP contribution in [0, 0.1) is 0 Å². The number of likely N-dealkylation sites (tertiary alicyclic amines) is 1. The third-order valence-corrected chi connectivity index (χ3v) is 3.80. The molecule has 20 heavy (non-hydrogen) atoms. The fourth-order valence-electron chi connectivity index (χ4n) is 2.63. The molecule has 1 aromatic carbocycles. The van der Waals surface area contributed by atoms with E-state index in [0.717, 1.165) is 31.9 Å². The Bertz CT molecular complexity index is 559. The first-order valence-corrected chi connectivity index (χ1v) is 7.33. The van der Waals surface area contributed by atoms with Crippen molar-refractivity contribution >= 4 is 17.4 Å². The van der Waals surface area contributed by atoms with Crippen molar-refractivity contribution < 1.29 is 0 Å². The van der Waals surface area contributed by atoms with E-state index in [1.54, 1.807) is 6.07 Å². The van der Waals surface area contributed by atoms with Crippen LogP contribution in [0.15, 0.2) is 48.5 Å². The van der Waals surface area contributed by atoms with Gasteiger partial charge in [0.05, 0.1) is 0 Å². The maximum atomic E-state index is 5.90. The second kappa shape index (κ2) is 6.25. The van der Waals surface area contributed by atoms with Gasteiger partial charge in [-0.05, 0) is 24.1 Å². The number of anilines is 1. The minimum absolute atomic E-state index is 0.449. The summed E-state index contributed by atoms with van der Waals surface area (Å²) in [7, 11) is 0. The van der Waals surface area contributed by atoms with Crippen LogP contribution in [0.5, 0.6) is 0 Å². The van der Waals surface area contributed by atoms with Gasteiger partial charge in [0.1, 0.15) is 11.0 Å². The lowest BCUT2D eigenvalue weighted by atomic mass is 10.2. The minimum atomic E-state index is 0.449. The number of nitrogens with one attached hydrogen (secondary N) is 1. The van der Waals surface area contributed by atoms with Crippen LogP contribution in [-0.4, -0.2) is 29.0 Å². The zero-order valence-corrected chi connectivity index (χ0v) is 12.1. The quantitative estimate of drug-likeness (QED) is 0.874. The second-order valence-electron chi connectivity index (χ2n) is 5.20. The summed E-state index contributed by atoms with van der Waals surface area (Å²) in [6, 6.07) is 16.7. The molecular weight excluding hydrogens is 270 g/mol. The smallest absolute Gasteiger partial charge is 0.131 e. The Morgan fingerprint density at radius 2 is 2.00 bits per heavy atom. The molecule has 0 aliphatic carbocycles. The molecule has 104 valence electrons. The van der Waals surface area contributed by atoms with E-state index < -0.39 is 0 Å².